The molecule has 114 valence electrons. The van der Waals surface area contributed by atoms with E-state index in [1.165, 1.54) is 0 Å². The van der Waals surface area contributed by atoms with Gasteiger partial charge in [-0.05, 0) is 57.5 Å². The van der Waals surface area contributed by atoms with Gasteiger partial charge in [0.2, 0.25) is 0 Å². The molecule has 20 heavy (non-hydrogen) atoms. The van der Waals surface area contributed by atoms with Crippen LogP contribution in [0.25, 0.3) is 0 Å². The molecule has 4 nitrogen and oxygen atoms in total. The number of amides is 1. The van der Waals surface area contributed by atoms with E-state index in [1.54, 1.807) is 4.90 Å². The van der Waals surface area contributed by atoms with Gasteiger partial charge in [0.25, 0.3) is 0 Å². The molecule has 2 aliphatic rings. The zero-order valence-electron chi connectivity index (χ0n) is 12.7. The van der Waals surface area contributed by atoms with Crippen LogP contribution in [0, 0.1) is 11.3 Å². The number of carbonyl (C=O) groups is 2. The molecular formula is C15H25NO3S. The summed E-state index contributed by atoms with van der Waals surface area (Å²) in [5.41, 5.74) is -0.833. The first-order valence-corrected chi connectivity index (χ1v) is 8.54. The fourth-order valence-electron chi connectivity index (χ4n) is 3.11. The zero-order valence-corrected chi connectivity index (χ0v) is 13.5. The number of ether oxygens (including phenoxy) is 1. The Bertz CT molecular complexity index is 374. The number of thioether (sulfide) groups is 1. The van der Waals surface area contributed by atoms with Crippen molar-refractivity contribution in [1.82, 2.24) is 4.90 Å². The predicted octanol–water partition coefficient (Wildman–Crippen LogP) is 2.96. The molecule has 0 bridgehead atoms. The first kappa shape index (κ1) is 15.7. The van der Waals surface area contributed by atoms with Gasteiger partial charge in [-0.1, -0.05) is 0 Å². The highest BCUT2D eigenvalue weighted by Crippen LogP contribution is 2.43. The van der Waals surface area contributed by atoms with Gasteiger partial charge >= 0.3 is 6.09 Å². The molecule has 2 aliphatic heterocycles. The molecule has 0 aromatic carbocycles. The van der Waals surface area contributed by atoms with Gasteiger partial charge in [-0.3, -0.25) is 0 Å². The Labute approximate surface area is 125 Å². The molecule has 2 saturated heterocycles. The summed E-state index contributed by atoms with van der Waals surface area (Å²) in [6.07, 6.45) is 3.71. The predicted molar refractivity (Wildman–Crippen MR) is 81.0 cm³/mol. The molecule has 0 spiro atoms. The van der Waals surface area contributed by atoms with Crippen molar-refractivity contribution in [2.45, 2.75) is 45.6 Å². The molecule has 0 aliphatic carbocycles. The van der Waals surface area contributed by atoms with Gasteiger partial charge in [0, 0.05) is 18.5 Å². The lowest BCUT2D eigenvalue weighted by Crippen LogP contribution is -2.51. The summed E-state index contributed by atoms with van der Waals surface area (Å²) in [6, 6.07) is 0. The highest BCUT2D eigenvalue weighted by atomic mass is 32.2. The van der Waals surface area contributed by atoms with E-state index in [0.29, 0.717) is 19.0 Å². The summed E-state index contributed by atoms with van der Waals surface area (Å²) in [7, 11) is 0. The van der Waals surface area contributed by atoms with Crippen LogP contribution in [0.5, 0.6) is 0 Å². The van der Waals surface area contributed by atoms with E-state index >= 15 is 0 Å². The van der Waals surface area contributed by atoms with E-state index in [0.717, 1.165) is 37.1 Å². The Morgan fingerprint density at radius 1 is 1.45 bits per heavy atom. The van der Waals surface area contributed by atoms with Crippen molar-refractivity contribution < 1.29 is 14.3 Å². The molecule has 2 fully saturated rings. The number of nitrogens with zero attached hydrogens (tertiary/aromatic N) is 1. The van der Waals surface area contributed by atoms with Crippen LogP contribution in [0.3, 0.4) is 0 Å². The zero-order chi connectivity index (χ0) is 14.8. The lowest BCUT2D eigenvalue weighted by molar-refractivity contribution is -0.122. The Morgan fingerprint density at radius 3 is 2.75 bits per heavy atom. The molecule has 0 radical (unpaired) electrons. The van der Waals surface area contributed by atoms with Crippen LogP contribution in [-0.2, 0) is 9.53 Å². The second-order valence-electron chi connectivity index (χ2n) is 6.92. The number of likely N-dealkylation sites (tertiary alicyclic amines) is 1. The minimum absolute atomic E-state index is 0.283. The fraction of sp³-hybridized carbons (Fsp3) is 0.867. The molecule has 0 saturated carbocycles. The molecular weight excluding hydrogens is 274 g/mol. The number of rotatable bonds is 2. The van der Waals surface area contributed by atoms with Gasteiger partial charge in [0.1, 0.15) is 11.9 Å². The summed E-state index contributed by atoms with van der Waals surface area (Å²) < 4.78 is 5.44. The Balaban J connectivity index is 2.06. The first-order valence-electron chi connectivity index (χ1n) is 7.38. The van der Waals surface area contributed by atoms with E-state index in [9.17, 15) is 9.59 Å². The van der Waals surface area contributed by atoms with Gasteiger partial charge in [-0.25, -0.2) is 4.79 Å². The molecule has 2 unspecified atom stereocenters. The van der Waals surface area contributed by atoms with Crippen LogP contribution < -0.4 is 0 Å². The number of aldehydes is 1. The van der Waals surface area contributed by atoms with Crippen molar-refractivity contribution >= 4 is 24.1 Å². The topological polar surface area (TPSA) is 46.6 Å². The second-order valence-corrected chi connectivity index (χ2v) is 8.07. The summed E-state index contributed by atoms with van der Waals surface area (Å²) in [6.45, 7) is 6.83. The molecule has 2 heterocycles. The second kappa shape index (κ2) is 5.96. The van der Waals surface area contributed by atoms with Crippen molar-refractivity contribution in [3.8, 4) is 0 Å². The van der Waals surface area contributed by atoms with Crippen LogP contribution in [0.15, 0.2) is 0 Å². The average Bonchev–Trinajstić information content (AvgIpc) is 2.91. The largest absolute Gasteiger partial charge is 0.444 e. The minimum atomic E-state index is -0.485. The van der Waals surface area contributed by atoms with E-state index in [1.807, 2.05) is 32.5 Å². The van der Waals surface area contributed by atoms with Gasteiger partial charge < -0.3 is 14.4 Å². The molecule has 2 atom stereocenters. The number of piperidine rings is 1. The van der Waals surface area contributed by atoms with Crippen molar-refractivity contribution in [3.63, 3.8) is 0 Å². The average molecular weight is 299 g/mol. The molecule has 0 aromatic rings. The third kappa shape index (κ3) is 3.48. The third-order valence-corrected chi connectivity index (χ3v) is 5.35. The first-order chi connectivity index (χ1) is 9.36. The minimum Gasteiger partial charge on any atom is -0.444 e. The van der Waals surface area contributed by atoms with Gasteiger partial charge in [0.15, 0.2) is 0 Å². The summed E-state index contributed by atoms with van der Waals surface area (Å²) in [5.74, 6) is 2.59. The summed E-state index contributed by atoms with van der Waals surface area (Å²) in [4.78, 5) is 25.7. The Kier molecular flexibility index (Phi) is 4.67. The number of hydrogen-bond donors (Lipinski definition) is 0. The van der Waals surface area contributed by atoms with Crippen molar-refractivity contribution in [1.29, 1.82) is 0 Å². The highest BCUT2D eigenvalue weighted by molar-refractivity contribution is 7.99. The number of carbonyl (C=O) groups excluding carboxylic acids is 2. The SMILES string of the molecule is CC(C)(C)OC(=O)N1CCCC(C=O)(C2CCSC2)C1. The maximum atomic E-state index is 12.2. The molecule has 2 rings (SSSR count). The standard InChI is InChI=1S/C15H25NO3S/c1-14(2,3)19-13(18)16-7-4-6-15(10-16,11-17)12-5-8-20-9-12/h11-12H,4-10H2,1-3H3. The molecule has 5 heteroatoms. The monoisotopic (exact) mass is 299 g/mol. The maximum absolute atomic E-state index is 12.2. The lowest BCUT2D eigenvalue weighted by Gasteiger charge is -2.42. The van der Waals surface area contributed by atoms with E-state index in [4.69, 9.17) is 4.74 Å². The van der Waals surface area contributed by atoms with Crippen LogP contribution in [0.4, 0.5) is 4.79 Å². The number of hydrogen-bond acceptors (Lipinski definition) is 4. The smallest absolute Gasteiger partial charge is 0.410 e. The fourth-order valence-corrected chi connectivity index (χ4v) is 4.51. The highest BCUT2D eigenvalue weighted by Gasteiger charge is 2.45. The van der Waals surface area contributed by atoms with Crippen molar-refractivity contribution in [2.24, 2.45) is 11.3 Å². The van der Waals surface area contributed by atoms with Crippen LogP contribution in [-0.4, -0.2) is 47.5 Å². The van der Waals surface area contributed by atoms with E-state index in [2.05, 4.69) is 0 Å². The Hall–Kier alpha value is -0.710. The van der Waals surface area contributed by atoms with Crippen LogP contribution >= 0.6 is 11.8 Å². The quantitative estimate of drug-likeness (QED) is 0.736. The summed E-state index contributed by atoms with van der Waals surface area (Å²) >= 11 is 1.92. The lowest BCUT2D eigenvalue weighted by atomic mass is 9.71. The van der Waals surface area contributed by atoms with Crippen LogP contribution in [0.2, 0.25) is 0 Å². The normalized spacial score (nSPS) is 31.1. The summed E-state index contributed by atoms with van der Waals surface area (Å²) in [5, 5.41) is 0. The molecule has 0 N–H and O–H groups in total. The van der Waals surface area contributed by atoms with Gasteiger partial charge in [-0.15, -0.1) is 0 Å². The Morgan fingerprint density at radius 2 is 2.20 bits per heavy atom. The van der Waals surface area contributed by atoms with E-state index < -0.39 is 5.60 Å². The van der Waals surface area contributed by atoms with Gasteiger partial charge in [-0.2, -0.15) is 11.8 Å². The molecule has 1 amide bonds. The maximum Gasteiger partial charge on any atom is 0.410 e. The van der Waals surface area contributed by atoms with E-state index in [-0.39, 0.29) is 11.5 Å². The third-order valence-electron chi connectivity index (χ3n) is 4.18. The molecule has 0 aromatic heterocycles. The van der Waals surface area contributed by atoms with Crippen molar-refractivity contribution in [3.05, 3.63) is 0 Å². The van der Waals surface area contributed by atoms with Gasteiger partial charge in [0.05, 0.1) is 0 Å². The van der Waals surface area contributed by atoms with Crippen LogP contribution in [0.1, 0.15) is 40.0 Å². The van der Waals surface area contributed by atoms with Crippen molar-refractivity contribution in [2.75, 3.05) is 24.6 Å².